The summed E-state index contributed by atoms with van der Waals surface area (Å²) in [4.78, 5) is 14.4. The van der Waals surface area contributed by atoms with Crippen molar-refractivity contribution in [1.29, 1.82) is 0 Å². The van der Waals surface area contributed by atoms with Crippen LogP contribution in [0.4, 0.5) is 13.2 Å². The van der Waals surface area contributed by atoms with E-state index in [1.54, 1.807) is 0 Å². The van der Waals surface area contributed by atoms with E-state index in [0.717, 1.165) is 29.5 Å². The first-order chi connectivity index (χ1) is 12.7. The van der Waals surface area contributed by atoms with E-state index in [9.17, 15) is 18.0 Å². The minimum Gasteiger partial charge on any atom is -0.331 e. The van der Waals surface area contributed by atoms with Gasteiger partial charge < -0.3 is 4.90 Å². The molecule has 2 aromatic rings. The van der Waals surface area contributed by atoms with Gasteiger partial charge in [-0.05, 0) is 43.4 Å². The Hall–Kier alpha value is -2.57. The second kappa shape index (κ2) is 7.21. The maximum absolute atomic E-state index is 14.4. The number of aryl methyl sites for hydroxylation is 3. The Kier molecular flexibility index (Phi) is 5.13. The molecule has 0 radical (unpaired) electrons. The lowest BCUT2D eigenvalue weighted by Gasteiger charge is -2.24. The van der Waals surface area contributed by atoms with Gasteiger partial charge in [-0.25, -0.2) is 13.5 Å². The van der Waals surface area contributed by atoms with Crippen LogP contribution in [-0.4, -0.2) is 33.2 Å². The second-order valence-electron chi connectivity index (χ2n) is 7.06. The van der Waals surface area contributed by atoms with E-state index in [-0.39, 0.29) is 12.6 Å². The summed E-state index contributed by atoms with van der Waals surface area (Å²) in [6.45, 7) is 8.14. The van der Waals surface area contributed by atoms with Crippen molar-refractivity contribution < 1.29 is 18.0 Å². The lowest BCUT2D eigenvalue weighted by molar-refractivity contribution is 0.0747. The number of nitrogens with zero attached hydrogens (tertiary/aromatic N) is 3. The lowest BCUT2D eigenvalue weighted by Crippen LogP contribution is -2.35. The zero-order valence-corrected chi connectivity index (χ0v) is 15.6. The van der Waals surface area contributed by atoms with E-state index in [1.807, 2.05) is 32.0 Å². The van der Waals surface area contributed by atoms with E-state index in [1.165, 1.54) is 11.9 Å². The first-order valence-corrected chi connectivity index (χ1v) is 8.77. The Morgan fingerprint density at radius 2 is 2.04 bits per heavy atom. The summed E-state index contributed by atoms with van der Waals surface area (Å²) in [6, 6.07) is 5.83. The summed E-state index contributed by atoms with van der Waals surface area (Å²) in [5, 5.41) is 3.48. The van der Waals surface area contributed by atoms with Gasteiger partial charge >= 0.3 is 0 Å². The van der Waals surface area contributed by atoms with Crippen LogP contribution in [0.2, 0.25) is 0 Å². The Labute approximate surface area is 156 Å². The predicted molar refractivity (Wildman–Crippen MR) is 97.1 cm³/mol. The van der Waals surface area contributed by atoms with Crippen molar-refractivity contribution in [3.05, 3.63) is 58.7 Å². The molecule has 1 aromatic heterocycles. The van der Waals surface area contributed by atoms with E-state index >= 15 is 0 Å². The molecule has 27 heavy (non-hydrogen) atoms. The fraction of sp³-hybridized carbons (Fsp3) is 0.400. The predicted octanol–water partition coefficient (Wildman–Crippen LogP) is 4.43. The molecule has 0 atom stereocenters. The number of hydrogen-bond donors (Lipinski definition) is 0. The molecule has 4 nitrogen and oxygen atoms in total. The summed E-state index contributed by atoms with van der Waals surface area (Å²) >= 11 is 0. The summed E-state index contributed by atoms with van der Waals surface area (Å²) in [6.07, 6.45) is -1.50. The molecule has 0 bridgehead atoms. The molecule has 0 saturated heterocycles. The van der Waals surface area contributed by atoms with Crippen LogP contribution in [0.15, 0.2) is 24.8 Å². The van der Waals surface area contributed by atoms with Gasteiger partial charge in [-0.3, -0.25) is 4.79 Å². The maximum Gasteiger partial charge on any atom is 0.283 e. The number of hydrogen-bond acceptors (Lipinski definition) is 2. The Morgan fingerprint density at radius 3 is 2.63 bits per heavy atom. The molecule has 3 rings (SSSR count). The smallest absolute Gasteiger partial charge is 0.283 e. The highest BCUT2D eigenvalue weighted by Gasteiger charge is 2.38. The minimum atomic E-state index is -3.03. The first-order valence-electron chi connectivity index (χ1n) is 8.77. The largest absolute Gasteiger partial charge is 0.331 e. The van der Waals surface area contributed by atoms with E-state index < -0.39 is 29.5 Å². The number of halogens is 3. The number of rotatable bonds is 6. The van der Waals surface area contributed by atoms with Gasteiger partial charge in [-0.15, -0.1) is 0 Å². The van der Waals surface area contributed by atoms with Crippen LogP contribution in [0.3, 0.4) is 0 Å². The van der Waals surface area contributed by atoms with Crippen LogP contribution < -0.4 is 0 Å². The van der Waals surface area contributed by atoms with Gasteiger partial charge in [0.2, 0.25) is 5.95 Å². The monoisotopic (exact) mass is 377 g/mol. The quantitative estimate of drug-likeness (QED) is 0.747. The molecule has 1 saturated carbocycles. The zero-order valence-electron chi connectivity index (χ0n) is 15.6. The normalized spacial score (nSPS) is 13.9. The molecule has 0 spiro atoms. The first kappa shape index (κ1) is 19.2. The third-order valence-corrected chi connectivity index (χ3v) is 4.81. The Balaban J connectivity index is 1.92. The summed E-state index contributed by atoms with van der Waals surface area (Å²) in [5.74, 6) is -1.80. The van der Waals surface area contributed by atoms with E-state index in [2.05, 4.69) is 11.7 Å². The minimum absolute atomic E-state index is 0.0931. The summed E-state index contributed by atoms with van der Waals surface area (Å²) < 4.78 is 41.5. The fourth-order valence-corrected chi connectivity index (χ4v) is 3.18. The third-order valence-electron chi connectivity index (χ3n) is 4.81. The molecule has 1 aromatic carbocycles. The van der Waals surface area contributed by atoms with Gasteiger partial charge in [0.05, 0.1) is 0 Å². The van der Waals surface area contributed by atoms with Crippen molar-refractivity contribution in [1.82, 2.24) is 14.7 Å². The van der Waals surface area contributed by atoms with Crippen molar-refractivity contribution in [3.8, 4) is 0 Å². The molecular weight excluding hydrogens is 355 g/mol. The van der Waals surface area contributed by atoms with Gasteiger partial charge in [0, 0.05) is 19.6 Å². The molecule has 0 unspecified atom stereocenters. The number of carbonyl (C=O) groups is 1. The average molecular weight is 377 g/mol. The fourth-order valence-electron chi connectivity index (χ4n) is 3.18. The third kappa shape index (κ3) is 3.77. The molecule has 0 aliphatic heterocycles. The Morgan fingerprint density at radius 1 is 1.37 bits per heavy atom. The number of carbonyl (C=O) groups excluding carboxylic acids is 1. The van der Waals surface area contributed by atoms with Gasteiger partial charge in [-0.1, -0.05) is 30.3 Å². The maximum atomic E-state index is 14.4. The molecular formula is C20H22F3N3O. The molecule has 1 fully saturated rings. The van der Waals surface area contributed by atoms with Crippen LogP contribution >= 0.6 is 0 Å². The van der Waals surface area contributed by atoms with Gasteiger partial charge in [0.25, 0.3) is 12.3 Å². The second-order valence-corrected chi connectivity index (χ2v) is 7.06. The van der Waals surface area contributed by atoms with Crippen LogP contribution in [0, 0.1) is 19.8 Å². The van der Waals surface area contributed by atoms with Crippen molar-refractivity contribution in [3.63, 3.8) is 0 Å². The molecule has 1 aliphatic rings. The highest BCUT2D eigenvalue weighted by molar-refractivity contribution is 5.96. The van der Waals surface area contributed by atoms with Gasteiger partial charge in [-0.2, -0.15) is 9.49 Å². The van der Waals surface area contributed by atoms with Gasteiger partial charge in [0.1, 0.15) is 11.3 Å². The van der Waals surface area contributed by atoms with Crippen LogP contribution in [0.1, 0.15) is 52.0 Å². The van der Waals surface area contributed by atoms with Crippen LogP contribution in [0.25, 0.3) is 5.57 Å². The number of amides is 1. The zero-order chi connectivity index (χ0) is 19.9. The van der Waals surface area contributed by atoms with Crippen molar-refractivity contribution in [2.24, 2.45) is 7.05 Å². The molecule has 1 aliphatic carbocycles. The Bertz CT molecular complexity index is 900. The molecule has 1 heterocycles. The standard InChI is InChI=1S/C20H22F3N3O/c1-11-5-6-12(2)15(9-11)13(3)10-26(14-7-8-14)20(27)16-17(18(21)22)24-25(4)19(16)23/h5-6,9,14,18H,3,7-8,10H2,1-2,4H3. The summed E-state index contributed by atoms with van der Waals surface area (Å²) in [5.41, 5.74) is 2.21. The van der Waals surface area contributed by atoms with Crippen LogP contribution in [0.5, 0.6) is 0 Å². The number of aromatic nitrogens is 2. The summed E-state index contributed by atoms with van der Waals surface area (Å²) in [7, 11) is 1.20. The van der Waals surface area contributed by atoms with Crippen molar-refractivity contribution in [2.75, 3.05) is 6.54 Å². The molecule has 1 amide bonds. The highest BCUT2D eigenvalue weighted by Crippen LogP contribution is 2.33. The average Bonchev–Trinajstić information content (AvgIpc) is 3.40. The number of benzene rings is 1. The molecule has 7 heteroatoms. The topological polar surface area (TPSA) is 38.1 Å². The SMILES string of the molecule is C=C(CN(C(=O)c1c(C(F)F)nn(C)c1F)C1CC1)c1cc(C)ccc1C. The highest BCUT2D eigenvalue weighted by atomic mass is 19.3. The van der Waals surface area contributed by atoms with E-state index in [4.69, 9.17) is 0 Å². The molecule has 0 N–H and O–H groups in total. The lowest BCUT2D eigenvalue weighted by atomic mass is 9.99. The van der Waals surface area contributed by atoms with Crippen molar-refractivity contribution in [2.45, 2.75) is 39.2 Å². The van der Waals surface area contributed by atoms with Crippen molar-refractivity contribution >= 4 is 11.5 Å². The van der Waals surface area contributed by atoms with Gasteiger partial charge in [0.15, 0.2) is 0 Å². The van der Waals surface area contributed by atoms with E-state index in [0.29, 0.717) is 10.3 Å². The molecule has 144 valence electrons. The number of alkyl halides is 2. The van der Waals surface area contributed by atoms with Crippen LogP contribution in [-0.2, 0) is 7.05 Å².